The van der Waals surface area contributed by atoms with E-state index in [1.807, 2.05) is 19.1 Å². The fraction of sp³-hybridized carbons (Fsp3) is 0.0952. The minimum Gasteiger partial charge on any atom is -0.363 e. The van der Waals surface area contributed by atoms with Gasteiger partial charge in [0.1, 0.15) is 17.5 Å². The molecule has 0 radical (unpaired) electrons. The first-order chi connectivity index (χ1) is 13.7. The molecule has 0 unspecified atom stereocenters. The summed E-state index contributed by atoms with van der Waals surface area (Å²) in [5.41, 5.74) is 2.69. The molecule has 3 aromatic heterocycles. The number of anilines is 1. The lowest BCUT2D eigenvalue weighted by Crippen LogP contribution is -2.07. The Balaban J connectivity index is 1.71. The van der Waals surface area contributed by atoms with E-state index in [2.05, 4.69) is 30.2 Å². The first-order valence-electron chi connectivity index (χ1n) is 8.75. The number of hydrogen-bond donors (Lipinski definition) is 1. The number of nitrogens with one attached hydrogen (secondary N) is 1. The van der Waals surface area contributed by atoms with E-state index >= 15 is 0 Å². The molecule has 6 nitrogen and oxygen atoms in total. The number of halogens is 1. The average Bonchev–Trinajstić information content (AvgIpc) is 2.74. The molecule has 0 aliphatic heterocycles. The van der Waals surface area contributed by atoms with Crippen molar-refractivity contribution in [2.75, 3.05) is 5.32 Å². The van der Waals surface area contributed by atoms with Crippen LogP contribution in [-0.2, 0) is 6.54 Å². The zero-order chi connectivity index (χ0) is 19.3. The van der Waals surface area contributed by atoms with Crippen LogP contribution in [0.4, 0.5) is 10.2 Å². The van der Waals surface area contributed by atoms with Crippen molar-refractivity contribution >= 4 is 5.82 Å². The van der Waals surface area contributed by atoms with Gasteiger partial charge in [-0.05, 0) is 36.8 Å². The van der Waals surface area contributed by atoms with Gasteiger partial charge in [0.15, 0.2) is 5.82 Å². The van der Waals surface area contributed by atoms with E-state index in [-0.39, 0.29) is 5.82 Å². The summed E-state index contributed by atoms with van der Waals surface area (Å²) in [6, 6.07) is 11.9. The summed E-state index contributed by atoms with van der Waals surface area (Å²) in [4.78, 5) is 21.7. The summed E-state index contributed by atoms with van der Waals surface area (Å²) in [7, 11) is 0. The van der Waals surface area contributed by atoms with E-state index < -0.39 is 0 Å². The molecule has 3 heterocycles. The lowest BCUT2D eigenvalue weighted by molar-refractivity contribution is 0.630. The van der Waals surface area contributed by atoms with Crippen molar-refractivity contribution in [3.63, 3.8) is 0 Å². The summed E-state index contributed by atoms with van der Waals surface area (Å²) in [6.45, 7) is 2.33. The van der Waals surface area contributed by atoms with Gasteiger partial charge < -0.3 is 5.32 Å². The molecule has 28 heavy (non-hydrogen) atoms. The van der Waals surface area contributed by atoms with E-state index in [0.717, 1.165) is 11.1 Å². The van der Waals surface area contributed by atoms with Gasteiger partial charge in [0.2, 0.25) is 0 Å². The molecule has 0 saturated heterocycles. The highest BCUT2D eigenvalue weighted by Gasteiger charge is 2.12. The average molecular weight is 372 g/mol. The van der Waals surface area contributed by atoms with Crippen molar-refractivity contribution in [2.45, 2.75) is 13.5 Å². The molecule has 138 valence electrons. The molecule has 0 fully saturated rings. The maximum absolute atomic E-state index is 14.3. The van der Waals surface area contributed by atoms with Crippen LogP contribution in [0.1, 0.15) is 11.4 Å². The number of nitrogens with zero attached hydrogens (tertiary/aromatic N) is 5. The highest BCUT2D eigenvalue weighted by atomic mass is 19.1. The van der Waals surface area contributed by atoms with E-state index in [1.165, 1.54) is 6.07 Å². The fourth-order valence-corrected chi connectivity index (χ4v) is 2.66. The van der Waals surface area contributed by atoms with Gasteiger partial charge in [-0.25, -0.2) is 24.3 Å². The fourth-order valence-electron chi connectivity index (χ4n) is 2.66. The zero-order valence-electron chi connectivity index (χ0n) is 15.2. The van der Waals surface area contributed by atoms with Crippen LogP contribution >= 0.6 is 0 Å². The van der Waals surface area contributed by atoms with Crippen molar-refractivity contribution in [3.05, 3.63) is 84.5 Å². The highest BCUT2D eigenvalue weighted by molar-refractivity contribution is 5.67. The zero-order valence-corrected chi connectivity index (χ0v) is 15.2. The quantitative estimate of drug-likeness (QED) is 0.569. The van der Waals surface area contributed by atoms with Crippen LogP contribution in [0.3, 0.4) is 0 Å². The third-order valence-corrected chi connectivity index (χ3v) is 4.08. The molecule has 0 bridgehead atoms. The van der Waals surface area contributed by atoms with Crippen molar-refractivity contribution < 1.29 is 4.39 Å². The Morgan fingerprint density at radius 2 is 1.71 bits per heavy atom. The summed E-state index contributed by atoms with van der Waals surface area (Å²) in [6.07, 6.45) is 6.86. The SMILES string of the molecule is Cc1cnc(CNc2cc(-c3ccccc3F)nc(-c3ccncc3)n2)nc1. The van der Waals surface area contributed by atoms with Gasteiger partial charge in [0, 0.05) is 42.0 Å². The number of rotatable bonds is 5. The first kappa shape index (κ1) is 17.7. The molecule has 0 atom stereocenters. The Hall–Kier alpha value is -3.74. The van der Waals surface area contributed by atoms with Gasteiger partial charge in [0.25, 0.3) is 0 Å². The minimum absolute atomic E-state index is 0.338. The lowest BCUT2D eigenvalue weighted by atomic mass is 10.1. The monoisotopic (exact) mass is 372 g/mol. The van der Waals surface area contributed by atoms with Gasteiger partial charge in [-0.1, -0.05) is 12.1 Å². The van der Waals surface area contributed by atoms with E-state index in [1.54, 1.807) is 49.1 Å². The Labute approximate surface area is 161 Å². The molecule has 4 rings (SSSR count). The number of hydrogen-bond acceptors (Lipinski definition) is 6. The number of aromatic nitrogens is 5. The summed E-state index contributed by atoms with van der Waals surface area (Å²) < 4.78 is 14.3. The lowest BCUT2D eigenvalue weighted by Gasteiger charge is -2.10. The van der Waals surface area contributed by atoms with Crippen molar-refractivity contribution in [1.82, 2.24) is 24.9 Å². The predicted molar refractivity (Wildman–Crippen MR) is 105 cm³/mol. The van der Waals surface area contributed by atoms with Crippen LogP contribution < -0.4 is 5.32 Å². The van der Waals surface area contributed by atoms with Crippen molar-refractivity contribution in [3.8, 4) is 22.6 Å². The summed E-state index contributed by atoms with van der Waals surface area (Å²) >= 11 is 0. The Bertz CT molecular complexity index is 1080. The third kappa shape index (κ3) is 3.98. The predicted octanol–water partition coefficient (Wildman–Crippen LogP) is 4.06. The topological polar surface area (TPSA) is 76.5 Å². The van der Waals surface area contributed by atoms with Gasteiger partial charge in [-0.2, -0.15) is 0 Å². The van der Waals surface area contributed by atoms with Gasteiger partial charge in [-0.15, -0.1) is 0 Å². The molecule has 7 heteroatoms. The third-order valence-electron chi connectivity index (χ3n) is 4.08. The molecule has 1 N–H and O–H groups in total. The van der Waals surface area contributed by atoms with E-state index in [9.17, 15) is 4.39 Å². The normalized spacial score (nSPS) is 10.6. The molecule has 0 spiro atoms. The number of benzene rings is 1. The molecule has 1 aromatic carbocycles. The van der Waals surface area contributed by atoms with Gasteiger partial charge in [0.05, 0.1) is 12.2 Å². The highest BCUT2D eigenvalue weighted by Crippen LogP contribution is 2.26. The molecular formula is C21H17FN6. The van der Waals surface area contributed by atoms with E-state index in [4.69, 9.17) is 0 Å². The van der Waals surface area contributed by atoms with Crippen LogP contribution in [0.5, 0.6) is 0 Å². The Morgan fingerprint density at radius 1 is 0.964 bits per heavy atom. The molecule has 0 amide bonds. The molecule has 0 aliphatic carbocycles. The van der Waals surface area contributed by atoms with Gasteiger partial charge in [-0.3, -0.25) is 4.98 Å². The smallest absolute Gasteiger partial charge is 0.162 e. The largest absolute Gasteiger partial charge is 0.363 e. The number of pyridine rings is 1. The van der Waals surface area contributed by atoms with Crippen LogP contribution in [0.15, 0.2) is 67.3 Å². The number of aryl methyl sites for hydroxylation is 1. The van der Waals surface area contributed by atoms with Crippen molar-refractivity contribution in [2.24, 2.45) is 0 Å². The molecular weight excluding hydrogens is 355 g/mol. The Morgan fingerprint density at radius 3 is 2.46 bits per heavy atom. The minimum atomic E-state index is -0.338. The standard InChI is InChI=1S/C21H17FN6/c1-14-11-24-20(25-12-14)13-26-19-10-18(16-4-2-3-5-17(16)22)27-21(28-19)15-6-8-23-9-7-15/h2-12H,13H2,1H3,(H,26,27,28). The maximum Gasteiger partial charge on any atom is 0.162 e. The second-order valence-electron chi connectivity index (χ2n) is 6.21. The Kier molecular flexibility index (Phi) is 4.97. The van der Waals surface area contributed by atoms with Gasteiger partial charge >= 0.3 is 0 Å². The van der Waals surface area contributed by atoms with Crippen LogP contribution in [0, 0.1) is 12.7 Å². The summed E-state index contributed by atoms with van der Waals surface area (Å²) in [5.74, 6) is 1.34. The molecule has 4 aromatic rings. The molecule has 0 saturated carbocycles. The molecule has 0 aliphatic rings. The second kappa shape index (κ2) is 7.87. The van der Waals surface area contributed by atoms with Crippen LogP contribution in [-0.4, -0.2) is 24.9 Å². The van der Waals surface area contributed by atoms with E-state index in [0.29, 0.717) is 35.3 Å². The first-order valence-corrected chi connectivity index (χ1v) is 8.75. The maximum atomic E-state index is 14.3. The summed E-state index contributed by atoms with van der Waals surface area (Å²) in [5, 5.41) is 3.21. The van der Waals surface area contributed by atoms with Crippen LogP contribution in [0.2, 0.25) is 0 Å². The second-order valence-corrected chi connectivity index (χ2v) is 6.21. The van der Waals surface area contributed by atoms with Crippen LogP contribution in [0.25, 0.3) is 22.6 Å². The van der Waals surface area contributed by atoms with Crippen molar-refractivity contribution in [1.29, 1.82) is 0 Å².